The summed E-state index contributed by atoms with van der Waals surface area (Å²) in [6.07, 6.45) is 107. The predicted molar refractivity (Wildman–Crippen MR) is 417 cm³/mol. The lowest BCUT2D eigenvalue weighted by atomic mass is 10.0. The highest BCUT2D eigenvalue weighted by molar-refractivity contribution is 5.70. The number of esters is 2. The number of carbonyl (C=O) groups excluding carboxylic acids is 3. The van der Waals surface area contributed by atoms with Crippen LogP contribution in [0.15, 0.2) is 109 Å². The van der Waals surface area contributed by atoms with Crippen molar-refractivity contribution in [2.75, 3.05) is 47.5 Å². The molecule has 0 rings (SSSR count). The number of nitrogens with zero attached hydrogens (tertiary/aromatic N) is 1. The lowest BCUT2D eigenvalue weighted by Gasteiger charge is -2.26. The number of ether oxygens (including phenoxy) is 4. The Hall–Kier alpha value is -4.05. The number of carbonyl (C=O) groups is 3. The molecule has 9 heteroatoms. The molecule has 560 valence electrons. The van der Waals surface area contributed by atoms with Crippen molar-refractivity contribution in [3.8, 4) is 0 Å². The predicted octanol–water partition coefficient (Wildman–Crippen LogP) is 25.1. The van der Waals surface area contributed by atoms with Crippen LogP contribution in [0.2, 0.25) is 0 Å². The fourth-order valence-corrected chi connectivity index (χ4v) is 11.9. The van der Waals surface area contributed by atoms with Gasteiger partial charge in [0.1, 0.15) is 13.2 Å². The Morgan fingerprint density at radius 3 is 0.825 bits per heavy atom. The molecule has 0 aromatic heterocycles. The minimum absolute atomic E-state index is 0.148. The molecule has 0 aliphatic rings. The van der Waals surface area contributed by atoms with Gasteiger partial charge in [-0.25, -0.2) is 0 Å². The van der Waals surface area contributed by atoms with Crippen LogP contribution in [-0.4, -0.2) is 82.3 Å². The van der Waals surface area contributed by atoms with Gasteiger partial charge in [-0.1, -0.05) is 374 Å². The molecular formula is C88H155NO8. The van der Waals surface area contributed by atoms with Gasteiger partial charge in [0.15, 0.2) is 12.4 Å². The SMILES string of the molecule is CC/C=C\C/C=C\C/C=C\C/C=C\C/C=C\CCCCCCCCCCCCCCCCCCCCCC(=O)OC(COC(=O)CCCCCCCCCCCCCCCCCCCCCCCCCC/C=C\C/C=C\C/C=C\C/C=C\CC)COC(OCC[N+](C)(C)C)C(=O)[O-]. The Morgan fingerprint density at radius 2 is 0.557 bits per heavy atom. The highest BCUT2D eigenvalue weighted by Gasteiger charge is 2.22. The van der Waals surface area contributed by atoms with E-state index in [1.54, 1.807) is 0 Å². The highest BCUT2D eigenvalue weighted by atomic mass is 16.7. The largest absolute Gasteiger partial charge is 0.545 e. The Bertz CT molecular complexity index is 1970. The number of quaternary nitrogens is 1. The van der Waals surface area contributed by atoms with Gasteiger partial charge >= 0.3 is 11.9 Å². The van der Waals surface area contributed by atoms with E-state index in [-0.39, 0.29) is 32.2 Å². The summed E-state index contributed by atoms with van der Waals surface area (Å²) >= 11 is 0. The van der Waals surface area contributed by atoms with E-state index in [1.807, 2.05) is 21.1 Å². The molecule has 0 spiro atoms. The number of hydrogen-bond acceptors (Lipinski definition) is 8. The minimum Gasteiger partial charge on any atom is -0.545 e. The van der Waals surface area contributed by atoms with Crippen LogP contribution in [0.5, 0.6) is 0 Å². The Kier molecular flexibility index (Phi) is 74.4. The standard InChI is InChI=1S/C88H155NO8/c1-6-8-10-12-14-16-18-20-22-24-26-28-30-32-34-36-38-40-42-43-45-46-48-50-52-54-56-58-60-62-64-66-68-70-72-74-76-78-85(90)95-82-84(83-96-88(87(92)93)94-81-80-89(3,4)5)97-86(91)79-77-75-73-71-69-67-65-63-61-59-57-55-53-51-49-47-44-41-39-37-35-33-31-29-27-25-23-21-19-17-15-13-11-9-7-2/h8-11,14-17,20-23,26-29,33,35,84,88H,6-7,12-13,18-19,24-25,30-32,34,36-83H2,1-5H3/b10-8-,11-9-,16-14-,17-15-,22-20-,23-21-,28-26-,29-27-,35-33-. The maximum absolute atomic E-state index is 13.0. The van der Waals surface area contributed by atoms with Crippen LogP contribution in [0.3, 0.4) is 0 Å². The first-order valence-corrected chi connectivity index (χ1v) is 41.0. The van der Waals surface area contributed by atoms with E-state index in [0.717, 1.165) is 89.9 Å². The number of likely N-dealkylation sites (N-methyl/N-ethyl adjacent to an activating group) is 1. The summed E-state index contributed by atoms with van der Waals surface area (Å²) in [7, 11) is 5.95. The van der Waals surface area contributed by atoms with Crippen LogP contribution >= 0.6 is 0 Å². The van der Waals surface area contributed by atoms with E-state index in [9.17, 15) is 19.5 Å². The molecule has 0 aliphatic heterocycles. The van der Waals surface area contributed by atoms with E-state index >= 15 is 0 Å². The summed E-state index contributed by atoms with van der Waals surface area (Å²) in [5.74, 6) is -2.26. The number of aliphatic carboxylic acids is 1. The zero-order valence-electron chi connectivity index (χ0n) is 64.2. The maximum atomic E-state index is 13.0. The van der Waals surface area contributed by atoms with Crippen LogP contribution in [0.4, 0.5) is 0 Å². The van der Waals surface area contributed by atoms with Crippen molar-refractivity contribution in [3.05, 3.63) is 109 Å². The van der Waals surface area contributed by atoms with Gasteiger partial charge in [-0.05, 0) is 96.3 Å². The lowest BCUT2D eigenvalue weighted by Crippen LogP contribution is -2.44. The van der Waals surface area contributed by atoms with Gasteiger partial charge in [-0.15, -0.1) is 0 Å². The molecule has 2 unspecified atom stereocenters. The molecular weight excluding hydrogens is 1200 g/mol. The molecule has 0 radical (unpaired) electrons. The molecule has 9 nitrogen and oxygen atoms in total. The van der Waals surface area contributed by atoms with Gasteiger partial charge in [0.05, 0.1) is 40.3 Å². The molecule has 0 saturated heterocycles. The molecule has 0 saturated carbocycles. The summed E-state index contributed by atoms with van der Waals surface area (Å²) < 4.78 is 22.9. The van der Waals surface area contributed by atoms with Gasteiger partial charge in [0.25, 0.3) is 0 Å². The molecule has 0 aromatic rings. The normalized spacial score (nSPS) is 13.2. The van der Waals surface area contributed by atoms with Gasteiger partial charge < -0.3 is 33.3 Å². The van der Waals surface area contributed by atoms with Crippen LogP contribution < -0.4 is 5.11 Å². The quantitative estimate of drug-likeness (QED) is 0.0195. The number of carboxylic acids is 1. The van der Waals surface area contributed by atoms with Gasteiger partial charge in [0.2, 0.25) is 0 Å². The summed E-state index contributed by atoms with van der Waals surface area (Å²) in [6, 6.07) is 0. The van der Waals surface area contributed by atoms with E-state index in [1.165, 1.54) is 250 Å². The second kappa shape index (κ2) is 77.7. The third-order valence-corrected chi connectivity index (χ3v) is 18.0. The molecule has 0 heterocycles. The van der Waals surface area contributed by atoms with E-state index in [4.69, 9.17) is 18.9 Å². The van der Waals surface area contributed by atoms with Crippen molar-refractivity contribution in [1.82, 2.24) is 0 Å². The average Bonchev–Trinajstić information content (AvgIpc) is 3.74. The summed E-state index contributed by atoms with van der Waals surface area (Å²) in [5, 5.41) is 11.9. The summed E-state index contributed by atoms with van der Waals surface area (Å²) in [5.41, 5.74) is 0. The van der Waals surface area contributed by atoms with E-state index in [2.05, 4.69) is 123 Å². The topological polar surface area (TPSA) is 111 Å². The van der Waals surface area contributed by atoms with Crippen molar-refractivity contribution >= 4 is 17.9 Å². The Morgan fingerprint density at radius 1 is 0.309 bits per heavy atom. The number of hydrogen-bond donors (Lipinski definition) is 0. The first-order chi connectivity index (χ1) is 47.6. The summed E-state index contributed by atoms with van der Waals surface area (Å²) in [4.78, 5) is 37.6. The Balaban J connectivity index is 3.97. The summed E-state index contributed by atoms with van der Waals surface area (Å²) in [6.45, 7) is 4.57. The molecule has 97 heavy (non-hydrogen) atoms. The molecule has 0 fully saturated rings. The third kappa shape index (κ3) is 79.2. The van der Waals surface area contributed by atoms with Crippen LogP contribution in [0.1, 0.15) is 373 Å². The van der Waals surface area contributed by atoms with Crippen molar-refractivity contribution in [1.29, 1.82) is 0 Å². The molecule has 0 aromatic carbocycles. The molecule has 0 amide bonds. The second-order valence-electron chi connectivity index (χ2n) is 28.7. The van der Waals surface area contributed by atoms with Gasteiger partial charge in [0, 0.05) is 12.8 Å². The Labute approximate surface area is 600 Å². The lowest BCUT2D eigenvalue weighted by molar-refractivity contribution is -0.870. The highest BCUT2D eigenvalue weighted by Crippen LogP contribution is 2.19. The second-order valence-corrected chi connectivity index (χ2v) is 28.7. The van der Waals surface area contributed by atoms with Crippen molar-refractivity contribution in [3.63, 3.8) is 0 Å². The molecule has 0 aliphatic carbocycles. The fourth-order valence-electron chi connectivity index (χ4n) is 11.9. The van der Waals surface area contributed by atoms with Gasteiger partial charge in [-0.3, -0.25) is 9.59 Å². The number of carboxylic acid groups (broad SMARTS) is 1. The first-order valence-electron chi connectivity index (χ1n) is 41.0. The smallest absolute Gasteiger partial charge is 0.306 e. The minimum atomic E-state index is -1.62. The zero-order chi connectivity index (χ0) is 70.4. The first kappa shape index (κ1) is 93.0. The van der Waals surface area contributed by atoms with Crippen LogP contribution in [0.25, 0.3) is 0 Å². The average molecular weight is 1360 g/mol. The van der Waals surface area contributed by atoms with Gasteiger partial charge in [-0.2, -0.15) is 0 Å². The molecule has 2 atom stereocenters. The van der Waals surface area contributed by atoms with E-state index < -0.39 is 24.3 Å². The number of rotatable bonds is 76. The third-order valence-electron chi connectivity index (χ3n) is 18.0. The van der Waals surface area contributed by atoms with Crippen molar-refractivity contribution in [2.45, 2.75) is 386 Å². The monoisotopic (exact) mass is 1350 g/mol. The van der Waals surface area contributed by atoms with Crippen LogP contribution in [0, 0.1) is 0 Å². The number of allylic oxidation sites excluding steroid dienone is 18. The molecule has 0 N–H and O–H groups in total. The fraction of sp³-hybridized carbons (Fsp3) is 0.761. The number of unbranched alkanes of at least 4 members (excludes halogenated alkanes) is 43. The van der Waals surface area contributed by atoms with Crippen LogP contribution in [-0.2, 0) is 33.3 Å². The maximum Gasteiger partial charge on any atom is 0.306 e. The van der Waals surface area contributed by atoms with Crippen molar-refractivity contribution < 1.29 is 42.9 Å². The van der Waals surface area contributed by atoms with Crippen molar-refractivity contribution in [2.24, 2.45) is 0 Å². The molecule has 0 bridgehead atoms. The van der Waals surface area contributed by atoms with E-state index in [0.29, 0.717) is 23.9 Å². The zero-order valence-corrected chi connectivity index (χ0v) is 64.2.